The molecule has 0 aliphatic heterocycles. The van der Waals surface area contributed by atoms with Gasteiger partial charge in [-0.1, -0.05) is 0 Å². The van der Waals surface area contributed by atoms with Crippen molar-refractivity contribution in [1.29, 1.82) is 0 Å². The second-order valence-corrected chi connectivity index (χ2v) is 6.63. The van der Waals surface area contributed by atoms with Gasteiger partial charge >= 0.3 is 0 Å². The summed E-state index contributed by atoms with van der Waals surface area (Å²) in [5.74, 6) is 0.704. The minimum Gasteiger partial charge on any atom is -0.457 e. The third kappa shape index (κ3) is 4.26. The van der Waals surface area contributed by atoms with Crippen molar-refractivity contribution < 1.29 is 14.1 Å². The number of halogens is 1. The second-order valence-electron chi connectivity index (χ2n) is 6.63. The van der Waals surface area contributed by atoms with Gasteiger partial charge in [0, 0.05) is 35.8 Å². The third-order valence-electron chi connectivity index (χ3n) is 4.50. The summed E-state index contributed by atoms with van der Waals surface area (Å²) >= 11 is 0. The van der Waals surface area contributed by atoms with Crippen molar-refractivity contribution in [1.82, 2.24) is 15.0 Å². The Labute approximate surface area is 180 Å². The van der Waals surface area contributed by atoms with Gasteiger partial charge in [0.05, 0.1) is 22.5 Å². The Morgan fingerprint density at radius 3 is 2.81 bits per heavy atom. The number of nitro groups is 1. The lowest BCUT2D eigenvalue weighted by Crippen LogP contribution is -2.00. The number of nitrogens with two attached hydrogens (primary N) is 1. The molecule has 0 saturated carbocycles. The van der Waals surface area contributed by atoms with E-state index in [4.69, 9.17) is 10.5 Å². The number of nitrogens with zero attached hydrogens (tertiary/aromatic N) is 5. The van der Waals surface area contributed by atoms with Crippen LogP contribution in [-0.4, -0.2) is 26.2 Å². The molecular weight excluding hydrogens is 417 g/mol. The van der Waals surface area contributed by atoms with Crippen LogP contribution in [0.2, 0.25) is 0 Å². The maximum atomic E-state index is 14.9. The molecular formula is C21H16FN7O3. The zero-order valence-corrected chi connectivity index (χ0v) is 16.7. The SMILES string of the molecule is Cc1cc(Nc2ncnc3ccc([N+](=O)[O-])cc23)c(F)cc1Oc1ccnc(N=CN)c1. The van der Waals surface area contributed by atoms with Gasteiger partial charge in [0.25, 0.3) is 5.69 Å². The molecule has 0 fully saturated rings. The summed E-state index contributed by atoms with van der Waals surface area (Å²) in [6, 6.07) is 10.2. The van der Waals surface area contributed by atoms with Gasteiger partial charge in [-0.3, -0.25) is 10.1 Å². The summed E-state index contributed by atoms with van der Waals surface area (Å²) in [7, 11) is 0. The molecule has 2 heterocycles. The van der Waals surface area contributed by atoms with Crippen molar-refractivity contribution in [2.45, 2.75) is 6.92 Å². The molecule has 10 nitrogen and oxygen atoms in total. The van der Waals surface area contributed by atoms with E-state index in [1.54, 1.807) is 25.1 Å². The molecule has 0 unspecified atom stereocenters. The smallest absolute Gasteiger partial charge is 0.270 e. The monoisotopic (exact) mass is 433 g/mol. The molecule has 0 atom stereocenters. The van der Waals surface area contributed by atoms with Crippen molar-refractivity contribution in [2.24, 2.45) is 10.7 Å². The normalized spacial score (nSPS) is 11.1. The van der Waals surface area contributed by atoms with Crippen LogP contribution in [0.3, 0.4) is 0 Å². The van der Waals surface area contributed by atoms with Crippen LogP contribution in [-0.2, 0) is 0 Å². The van der Waals surface area contributed by atoms with Gasteiger partial charge in [-0.2, -0.15) is 0 Å². The van der Waals surface area contributed by atoms with Crippen LogP contribution in [0.4, 0.5) is 27.4 Å². The number of nitro benzene ring substituents is 1. The number of hydrogen-bond acceptors (Lipinski definition) is 8. The minimum atomic E-state index is -0.600. The Morgan fingerprint density at radius 1 is 1.19 bits per heavy atom. The molecule has 160 valence electrons. The van der Waals surface area contributed by atoms with Crippen LogP contribution in [0, 0.1) is 22.9 Å². The molecule has 4 rings (SSSR count). The van der Waals surface area contributed by atoms with Gasteiger partial charge in [0.15, 0.2) is 5.82 Å². The average Bonchev–Trinajstić information content (AvgIpc) is 2.77. The van der Waals surface area contributed by atoms with E-state index in [-0.39, 0.29) is 17.2 Å². The van der Waals surface area contributed by atoms with Crippen molar-refractivity contribution >= 4 is 40.3 Å². The molecule has 4 aromatic rings. The Bertz CT molecular complexity index is 1360. The zero-order valence-electron chi connectivity index (χ0n) is 16.7. The first-order chi connectivity index (χ1) is 15.4. The summed E-state index contributed by atoms with van der Waals surface area (Å²) < 4.78 is 20.7. The number of hydrogen-bond donors (Lipinski definition) is 2. The van der Waals surface area contributed by atoms with Crippen molar-refractivity contribution in [3.8, 4) is 11.5 Å². The highest BCUT2D eigenvalue weighted by Crippen LogP contribution is 2.33. The van der Waals surface area contributed by atoms with Crippen LogP contribution in [0.1, 0.15) is 5.56 Å². The molecule has 0 amide bonds. The maximum Gasteiger partial charge on any atom is 0.270 e. The molecule has 2 aromatic heterocycles. The average molecular weight is 433 g/mol. The summed E-state index contributed by atoms with van der Waals surface area (Å²) in [5, 5.41) is 14.4. The Morgan fingerprint density at radius 2 is 2.03 bits per heavy atom. The number of anilines is 2. The number of aliphatic imine (C=N–C) groups is 1. The first-order valence-electron chi connectivity index (χ1n) is 9.29. The molecule has 0 saturated heterocycles. The fraction of sp³-hybridized carbons (Fsp3) is 0.0476. The van der Waals surface area contributed by atoms with E-state index in [1.165, 1.54) is 36.8 Å². The number of aryl methyl sites for hydroxylation is 1. The van der Waals surface area contributed by atoms with E-state index in [9.17, 15) is 14.5 Å². The van der Waals surface area contributed by atoms with Crippen molar-refractivity contribution in [3.63, 3.8) is 0 Å². The molecule has 0 radical (unpaired) electrons. The van der Waals surface area contributed by atoms with Gasteiger partial charge in [-0.25, -0.2) is 24.3 Å². The van der Waals surface area contributed by atoms with E-state index in [2.05, 4.69) is 25.3 Å². The van der Waals surface area contributed by atoms with Crippen molar-refractivity contribution in [3.05, 3.63) is 76.5 Å². The van der Waals surface area contributed by atoms with Gasteiger partial charge in [0.1, 0.15) is 29.5 Å². The lowest BCUT2D eigenvalue weighted by Gasteiger charge is -2.13. The second kappa shape index (κ2) is 8.60. The molecule has 3 N–H and O–H groups in total. The molecule has 0 aliphatic carbocycles. The van der Waals surface area contributed by atoms with Gasteiger partial charge in [-0.05, 0) is 30.7 Å². The van der Waals surface area contributed by atoms with E-state index in [0.29, 0.717) is 33.8 Å². The number of non-ortho nitro benzene ring substituents is 1. The number of nitrogens with one attached hydrogen (secondary N) is 1. The number of aromatic nitrogens is 3. The first-order valence-corrected chi connectivity index (χ1v) is 9.29. The number of rotatable bonds is 6. The molecule has 0 spiro atoms. The lowest BCUT2D eigenvalue weighted by molar-refractivity contribution is -0.384. The van der Waals surface area contributed by atoms with Crippen LogP contribution in [0.15, 0.2) is 60.0 Å². The predicted molar refractivity (Wildman–Crippen MR) is 117 cm³/mol. The lowest BCUT2D eigenvalue weighted by atomic mass is 10.1. The Balaban J connectivity index is 1.65. The fourth-order valence-corrected chi connectivity index (χ4v) is 2.99. The van der Waals surface area contributed by atoms with Crippen LogP contribution < -0.4 is 15.8 Å². The van der Waals surface area contributed by atoms with Gasteiger partial charge in [-0.15, -0.1) is 0 Å². The quantitative estimate of drug-likeness (QED) is 0.195. The van der Waals surface area contributed by atoms with E-state index in [1.807, 2.05) is 0 Å². The summed E-state index contributed by atoms with van der Waals surface area (Å²) in [4.78, 5) is 26.7. The molecule has 32 heavy (non-hydrogen) atoms. The Hall–Kier alpha value is -4.67. The highest BCUT2D eigenvalue weighted by atomic mass is 19.1. The summed E-state index contributed by atoms with van der Waals surface area (Å²) in [5.41, 5.74) is 6.41. The van der Waals surface area contributed by atoms with E-state index in [0.717, 1.165) is 6.34 Å². The van der Waals surface area contributed by atoms with E-state index < -0.39 is 10.7 Å². The van der Waals surface area contributed by atoms with Gasteiger partial charge < -0.3 is 15.8 Å². The maximum absolute atomic E-state index is 14.9. The van der Waals surface area contributed by atoms with Crippen LogP contribution in [0.25, 0.3) is 10.9 Å². The fourth-order valence-electron chi connectivity index (χ4n) is 2.99. The number of ether oxygens (including phenoxy) is 1. The minimum absolute atomic E-state index is 0.119. The highest BCUT2D eigenvalue weighted by molar-refractivity contribution is 5.92. The first kappa shape index (κ1) is 20.6. The summed E-state index contributed by atoms with van der Waals surface area (Å²) in [6.45, 7) is 1.75. The largest absolute Gasteiger partial charge is 0.457 e. The molecule has 0 aliphatic rings. The van der Waals surface area contributed by atoms with Gasteiger partial charge in [0.2, 0.25) is 0 Å². The summed E-state index contributed by atoms with van der Waals surface area (Å²) in [6.07, 6.45) is 3.91. The molecule has 0 bridgehead atoms. The zero-order chi connectivity index (χ0) is 22.7. The highest BCUT2D eigenvalue weighted by Gasteiger charge is 2.14. The van der Waals surface area contributed by atoms with E-state index >= 15 is 0 Å². The topological polar surface area (TPSA) is 141 Å². The number of pyridine rings is 1. The molecule has 11 heteroatoms. The standard InChI is InChI=1S/C21H16FN7O3/c1-12-6-18(16(22)9-19(12)32-14-4-5-24-20(8-14)25-10-23)28-21-15-7-13(29(30)31)2-3-17(15)26-11-27-21/h2-11H,1H3,(H2,23,24,25)(H,26,27,28). The molecule has 2 aromatic carbocycles. The van der Waals surface area contributed by atoms with Crippen molar-refractivity contribution in [2.75, 3.05) is 5.32 Å². The number of fused-ring (bicyclic) bond motifs is 1. The predicted octanol–water partition coefficient (Wildman–Crippen LogP) is 4.53. The third-order valence-corrected chi connectivity index (χ3v) is 4.50. The van der Waals surface area contributed by atoms with Crippen LogP contribution in [0.5, 0.6) is 11.5 Å². The van der Waals surface area contributed by atoms with Crippen LogP contribution >= 0.6 is 0 Å². The Kier molecular flexibility index (Phi) is 5.53. The number of benzene rings is 2.